The molecule has 0 amide bonds. The fourth-order valence-electron chi connectivity index (χ4n) is 2.43. The van der Waals surface area contributed by atoms with Crippen LogP contribution < -0.4 is 5.32 Å². The first-order valence-corrected chi connectivity index (χ1v) is 8.38. The van der Waals surface area contributed by atoms with E-state index in [9.17, 15) is 8.42 Å². The summed E-state index contributed by atoms with van der Waals surface area (Å²) in [4.78, 5) is 3.33. The quantitative estimate of drug-likeness (QED) is 0.848. The van der Waals surface area contributed by atoms with Crippen LogP contribution in [0.2, 0.25) is 0 Å². The molecule has 6 nitrogen and oxygen atoms in total. The molecule has 0 aromatic carbocycles. The molecular weight excluding hydrogens is 278 g/mol. The largest absolute Gasteiger partial charge is 0.375 e. The van der Waals surface area contributed by atoms with Crippen molar-refractivity contribution < 1.29 is 13.2 Å². The summed E-state index contributed by atoms with van der Waals surface area (Å²) in [6.07, 6.45) is 2.25. The minimum absolute atomic E-state index is 0.0664. The van der Waals surface area contributed by atoms with Crippen LogP contribution in [0.25, 0.3) is 0 Å². The van der Waals surface area contributed by atoms with Crippen molar-refractivity contribution in [2.75, 3.05) is 20.2 Å². The molecule has 2 N–H and O–H groups in total. The Kier molecular flexibility index (Phi) is 4.85. The summed E-state index contributed by atoms with van der Waals surface area (Å²) in [5.74, 6) is 0. The van der Waals surface area contributed by atoms with Crippen LogP contribution in [-0.4, -0.2) is 50.1 Å². The molecule has 0 aliphatic carbocycles. The van der Waals surface area contributed by atoms with Crippen LogP contribution in [0.15, 0.2) is 17.2 Å². The van der Waals surface area contributed by atoms with Gasteiger partial charge in [0.2, 0.25) is 10.0 Å². The Morgan fingerprint density at radius 3 is 2.95 bits per heavy atom. The van der Waals surface area contributed by atoms with Crippen molar-refractivity contribution >= 4 is 10.0 Å². The van der Waals surface area contributed by atoms with Crippen molar-refractivity contribution in [1.29, 1.82) is 0 Å². The lowest BCUT2D eigenvalue weighted by Crippen LogP contribution is -2.51. The number of rotatable bonds is 5. The normalized spacial score (nSPS) is 24.9. The lowest BCUT2D eigenvalue weighted by atomic mass is 10.2. The van der Waals surface area contributed by atoms with E-state index in [1.54, 1.807) is 16.6 Å². The minimum atomic E-state index is -3.46. The molecule has 0 saturated carbocycles. The van der Waals surface area contributed by atoms with Crippen molar-refractivity contribution in [3.8, 4) is 0 Å². The number of nitrogens with one attached hydrogen (secondary N) is 2. The molecule has 0 radical (unpaired) electrons. The van der Waals surface area contributed by atoms with Gasteiger partial charge in [-0.05, 0) is 26.5 Å². The summed E-state index contributed by atoms with van der Waals surface area (Å²) in [5.41, 5.74) is 0.862. The Morgan fingerprint density at radius 1 is 1.55 bits per heavy atom. The molecule has 2 atom stereocenters. The number of sulfonamides is 1. The predicted octanol–water partition coefficient (Wildman–Crippen LogP) is 0.922. The SMILES string of the molecule is CCC1COC(C)CN1S(=O)(=O)c1c[nH]c(CNC)c1. The van der Waals surface area contributed by atoms with Gasteiger partial charge in [0.1, 0.15) is 0 Å². The van der Waals surface area contributed by atoms with E-state index in [2.05, 4.69) is 10.3 Å². The average Bonchev–Trinajstić information content (AvgIpc) is 2.88. The van der Waals surface area contributed by atoms with E-state index < -0.39 is 10.0 Å². The molecule has 7 heteroatoms. The molecular formula is C13H23N3O3S. The van der Waals surface area contributed by atoms with Gasteiger partial charge in [0, 0.05) is 31.0 Å². The third-order valence-corrected chi connectivity index (χ3v) is 5.47. The number of aromatic amines is 1. The van der Waals surface area contributed by atoms with Gasteiger partial charge in [0.15, 0.2) is 0 Å². The molecule has 20 heavy (non-hydrogen) atoms. The minimum Gasteiger partial charge on any atom is -0.375 e. The van der Waals surface area contributed by atoms with Crippen molar-refractivity contribution in [1.82, 2.24) is 14.6 Å². The van der Waals surface area contributed by atoms with Gasteiger partial charge in [-0.3, -0.25) is 0 Å². The zero-order valence-corrected chi connectivity index (χ0v) is 13.0. The average molecular weight is 301 g/mol. The van der Waals surface area contributed by atoms with E-state index in [1.807, 2.05) is 20.9 Å². The Bertz CT molecular complexity index is 541. The van der Waals surface area contributed by atoms with Crippen molar-refractivity contribution in [2.45, 2.75) is 43.9 Å². The van der Waals surface area contributed by atoms with Gasteiger partial charge < -0.3 is 15.0 Å². The summed E-state index contributed by atoms with van der Waals surface area (Å²) in [6, 6.07) is 1.61. The first-order chi connectivity index (χ1) is 9.48. The summed E-state index contributed by atoms with van der Waals surface area (Å²) in [7, 11) is -1.63. The summed E-state index contributed by atoms with van der Waals surface area (Å²) < 4.78 is 32.6. The summed E-state index contributed by atoms with van der Waals surface area (Å²) in [6.45, 7) is 5.37. The Hall–Kier alpha value is -0.890. The number of H-pyrrole nitrogens is 1. The van der Waals surface area contributed by atoms with E-state index >= 15 is 0 Å². The van der Waals surface area contributed by atoms with Gasteiger partial charge in [-0.2, -0.15) is 4.31 Å². The molecule has 1 aliphatic heterocycles. The molecule has 2 heterocycles. The van der Waals surface area contributed by atoms with Crippen LogP contribution in [0.3, 0.4) is 0 Å². The number of aromatic nitrogens is 1. The smallest absolute Gasteiger partial charge is 0.245 e. The van der Waals surface area contributed by atoms with Crippen LogP contribution in [0.1, 0.15) is 26.0 Å². The summed E-state index contributed by atoms with van der Waals surface area (Å²) >= 11 is 0. The van der Waals surface area contributed by atoms with E-state index in [0.717, 1.165) is 12.1 Å². The number of ether oxygens (including phenoxy) is 1. The van der Waals surface area contributed by atoms with Crippen LogP contribution in [0, 0.1) is 0 Å². The van der Waals surface area contributed by atoms with Gasteiger partial charge in [-0.1, -0.05) is 6.92 Å². The molecule has 2 rings (SSSR count). The van der Waals surface area contributed by atoms with Crippen molar-refractivity contribution in [2.24, 2.45) is 0 Å². The number of morpholine rings is 1. The number of nitrogens with zero attached hydrogens (tertiary/aromatic N) is 1. The maximum atomic E-state index is 12.7. The van der Waals surface area contributed by atoms with Crippen molar-refractivity contribution in [3.63, 3.8) is 0 Å². The highest BCUT2D eigenvalue weighted by molar-refractivity contribution is 7.89. The van der Waals surface area contributed by atoms with Crippen LogP contribution in [0.4, 0.5) is 0 Å². The van der Waals surface area contributed by atoms with Crippen LogP contribution in [0.5, 0.6) is 0 Å². The number of hydrogen-bond acceptors (Lipinski definition) is 4. The van der Waals surface area contributed by atoms with Gasteiger partial charge in [0.05, 0.1) is 17.6 Å². The molecule has 1 saturated heterocycles. The zero-order chi connectivity index (χ0) is 14.8. The molecule has 1 aromatic heterocycles. The van der Waals surface area contributed by atoms with Gasteiger partial charge in [-0.25, -0.2) is 8.42 Å². The fourth-order valence-corrected chi connectivity index (χ4v) is 4.20. The second-order valence-electron chi connectivity index (χ2n) is 5.17. The maximum Gasteiger partial charge on any atom is 0.245 e. The van der Waals surface area contributed by atoms with E-state index in [1.165, 1.54) is 0 Å². The molecule has 1 aliphatic rings. The zero-order valence-electron chi connectivity index (χ0n) is 12.2. The monoisotopic (exact) mass is 301 g/mol. The summed E-state index contributed by atoms with van der Waals surface area (Å²) in [5, 5.41) is 3.00. The standard InChI is InChI=1S/C13H23N3O3S/c1-4-12-9-19-10(2)8-16(12)20(17,18)13-5-11(6-14-3)15-7-13/h5,7,10,12,14-15H,4,6,8-9H2,1-3H3. The van der Waals surface area contributed by atoms with Gasteiger partial charge >= 0.3 is 0 Å². The maximum absolute atomic E-state index is 12.7. The second-order valence-corrected chi connectivity index (χ2v) is 7.06. The third-order valence-electron chi connectivity index (χ3n) is 3.58. The lowest BCUT2D eigenvalue weighted by Gasteiger charge is -2.36. The molecule has 1 aromatic rings. The Balaban J connectivity index is 2.26. The molecule has 2 unspecified atom stereocenters. The third kappa shape index (κ3) is 3.06. The number of hydrogen-bond donors (Lipinski definition) is 2. The van der Waals surface area contributed by atoms with Crippen LogP contribution in [-0.2, 0) is 21.3 Å². The Morgan fingerprint density at radius 2 is 2.30 bits per heavy atom. The molecule has 0 bridgehead atoms. The van der Waals surface area contributed by atoms with E-state index in [0.29, 0.717) is 24.6 Å². The highest BCUT2D eigenvalue weighted by Gasteiger charge is 2.35. The van der Waals surface area contributed by atoms with E-state index in [4.69, 9.17) is 4.74 Å². The lowest BCUT2D eigenvalue weighted by molar-refractivity contribution is -0.0230. The predicted molar refractivity (Wildman–Crippen MR) is 76.9 cm³/mol. The Labute approximate surface area is 120 Å². The second kappa shape index (κ2) is 6.26. The molecule has 1 fully saturated rings. The van der Waals surface area contributed by atoms with E-state index in [-0.39, 0.29) is 12.1 Å². The van der Waals surface area contributed by atoms with Gasteiger partial charge in [-0.15, -0.1) is 0 Å². The first-order valence-electron chi connectivity index (χ1n) is 6.94. The van der Waals surface area contributed by atoms with Gasteiger partial charge in [0.25, 0.3) is 0 Å². The topological polar surface area (TPSA) is 74.4 Å². The van der Waals surface area contributed by atoms with Crippen molar-refractivity contribution in [3.05, 3.63) is 18.0 Å². The first kappa shape index (κ1) is 15.5. The van der Waals surface area contributed by atoms with Crippen LogP contribution >= 0.6 is 0 Å². The highest BCUT2D eigenvalue weighted by Crippen LogP contribution is 2.24. The highest BCUT2D eigenvalue weighted by atomic mass is 32.2. The molecule has 0 spiro atoms. The fraction of sp³-hybridized carbons (Fsp3) is 0.692. The molecule has 114 valence electrons.